The number of benzene rings is 1. The fraction of sp³-hybridized carbons (Fsp3) is 0.538. The Bertz CT molecular complexity index is 376. The van der Waals surface area contributed by atoms with Crippen molar-refractivity contribution in [1.82, 2.24) is 0 Å². The minimum absolute atomic E-state index is 0.291. The van der Waals surface area contributed by atoms with Gasteiger partial charge in [-0.3, -0.25) is 0 Å². The largest absolute Gasteiger partial charge is 0.497 e. The van der Waals surface area contributed by atoms with Crippen molar-refractivity contribution in [2.45, 2.75) is 31.0 Å². The molecular formula is C13H18O2S. The average molecular weight is 238 g/mol. The number of aliphatic hydroxyl groups is 1. The van der Waals surface area contributed by atoms with Crippen LogP contribution in [0.1, 0.15) is 31.1 Å². The number of hydrogen-bond acceptors (Lipinski definition) is 3. The molecule has 0 spiro atoms. The van der Waals surface area contributed by atoms with Crippen molar-refractivity contribution < 1.29 is 9.84 Å². The van der Waals surface area contributed by atoms with Crippen LogP contribution in [0, 0.1) is 5.92 Å². The summed E-state index contributed by atoms with van der Waals surface area (Å²) < 4.78 is 5.21. The third kappa shape index (κ3) is 2.06. The van der Waals surface area contributed by atoms with E-state index in [1.54, 1.807) is 7.11 Å². The van der Waals surface area contributed by atoms with Crippen LogP contribution >= 0.6 is 11.8 Å². The number of ether oxygens (including phenoxy) is 1. The lowest BCUT2D eigenvalue weighted by molar-refractivity contribution is 0.155. The number of aliphatic hydroxyl groups excluding tert-OH is 1. The maximum Gasteiger partial charge on any atom is 0.119 e. The van der Waals surface area contributed by atoms with Gasteiger partial charge in [-0.05, 0) is 29.2 Å². The highest BCUT2D eigenvalue weighted by molar-refractivity contribution is 7.99. The monoisotopic (exact) mass is 238 g/mol. The fourth-order valence-corrected chi connectivity index (χ4v) is 3.47. The molecular weight excluding hydrogens is 220 g/mol. The van der Waals surface area contributed by atoms with Crippen molar-refractivity contribution in [2.24, 2.45) is 5.92 Å². The van der Waals surface area contributed by atoms with Gasteiger partial charge in [0, 0.05) is 11.0 Å². The van der Waals surface area contributed by atoms with Crippen molar-refractivity contribution in [3.63, 3.8) is 0 Å². The Labute approximate surface area is 101 Å². The van der Waals surface area contributed by atoms with Gasteiger partial charge < -0.3 is 9.84 Å². The van der Waals surface area contributed by atoms with E-state index in [9.17, 15) is 5.11 Å². The van der Waals surface area contributed by atoms with E-state index >= 15 is 0 Å². The normalized spacial score (nSPS) is 24.3. The van der Waals surface area contributed by atoms with Gasteiger partial charge >= 0.3 is 0 Å². The van der Waals surface area contributed by atoms with E-state index in [0.717, 1.165) is 17.1 Å². The van der Waals surface area contributed by atoms with Crippen LogP contribution in [0.4, 0.5) is 0 Å². The third-order valence-electron chi connectivity index (χ3n) is 3.07. The minimum atomic E-state index is -0.371. The lowest BCUT2D eigenvalue weighted by atomic mass is 9.95. The van der Waals surface area contributed by atoms with Gasteiger partial charge in [-0.2, -0.15) is 11.8 Å². The molecule has 0 fully saturated rings. The van der Waals surface area contributed by atoms with E-state index in [0.29, 0.717) is 11.2 Å². The second kappa shape index (κ2) is 4.68. The molecule has 0 radical (unpaired) electrons. The van der Waals surface area contributed by atoms with Crippen LogP contribution in [-0.2, 0) is 5.75 Å². The zero-order chi connectivity index (χ0) is 11.7. The molecule has 3 heteroatoms. The van der Waals surface area contributed by atoms with Crippen LogP contribution < -0.4 is 4.74 Å². The molecule has 0 bridgehead atoms. The van der Waals surface area contributed by atoms with Gasteiger partial charge in [-0.25, -0.2) is 0 Å². The molecule has 0 aromatic heterocycles. The fourth-order valence-electron chi connectivity index (χ4n) is 2.12. The third-order valence-corrected chi connectivity index (χ3v) is 4.74. The Morgan fingerprint density at radius 3 is 2.81 bits per heavy atom. The average Bonchev–Trinajstić information content (AvgIpc) is 2.28. The van der Waals surface area contributed by atoms with Crippen molar-refractivity contribution in [3.05, 3.63) is 29.3 Å². The summed E-state index contributed by atoms with van der Waals surface area (Å²) in [5.74, 6) is 2.30. The predicted octanol–water partition coefficient (Wildman–Crippen LogP) is 3.00. The highest BCUT2D eigenvalue weighted by Crippen LogP contribution is 2.42. The number of methoxy groups -OCH3 is 1. The zero-order valence-corrected chi connectivity index (χ0v) is 10.8. The van der Waals surface area contributed by atoms with E-state index < -0.39 is 0 Å². The number of rotatable bonds is 2. The molecule has 0 aliphatic carbocycles. The summed E-state index contributed by atoms with van der Waals surface area (Å²) >= 11 is 1.84. The standard InChI is InChI=1S/C13H18O2S/c1-8(2)13-12(14)11-6-10(15-3)5-4-9(11)7-16-13/h4-6,8,12-14H,7H2,1-3H3. The molecule has 1 aliphatic heterocycles. The van der Waals surface area contributed by atoms with Gasteiger partial charge in [0.15, 0.2) is 0 Å². The first kappa shape index (κ1) is 11.8. The SMILES string of the molecule is COc1ccc2c(c1)C(O)C(C(C)C)SC2. The molecule has 0 saturated heterocycles. The highest BCUT2D eigenvalue weighted by atomic mass is 32.2. The molecule has 1 heterocycles. The number of hydrogen-bond donors (Lipinski definition) is 1. The summed E-state index contributed by atoms with van der Waals surface area (Å²) in [7, 11) is 1.66. The van der Waals surface area contributed by atoms with E-state index in [1.165, 1.54) is 5.56 Å². The van der Waals surface area contributed by atoms with Crippen LogP contribution in [0.5, 0.6) is 5.75 Å². The lowest BCUT2D eigenvalue weighted by Crippen LogP contribution is -2.25. The van der Waals surface area contributed by atoms with Crippen molar-refractivity contribution in [2.75, 3.05) is 7.11 Å². The summed E-state index contributed by atoms with van der Waals surface area (Å²) in [6, 6.07) is 5.98. The molecule has 2 unspecified atom stereocenters. The summed E-state index contributed by atoms with van der Waals surface area (Å²) in [5, 5.41) is 10.6. The van der Waals surface area contributed by atoms with E-state index in [2.05, 4.69) is 19.9 Å². The van der Waals surface area contributed by atoms with Crippen LogP contribution in [0.2, 0.25) is 0 Å². The quantitative estimate of drug-likeness (QED) is 0.859. The first-order valence-corrected chi connectivity index (χ1v) is 6.65. The molecule has 2 atom stereocenters. The van der Waals surface area contributed by atoms with E-state index in [-0.39, 0.29) is 6.10 Å². The van der Waals surface area contributed by atoms with Crippen molar-refractivity contribution in [1.29, 1.82) is 0 Å². The number of fused-ring (bicyclic) bond motifs is 1. The van der Waals surface area contributed by atoms with Gasteiger partial charge in [-0.1, -0.05) is 19.9 Å². The maximum absolute atomic E-state index is 10.3. The Morgan fingerprint density at radius 1 is 1.44 bits per heavy atom. The van der Waals surface area contributed by atoms with Crippen LogP contribution in [0.3, 0.4) is 0 Å². The Morgan fingerprint density at radius 2 is 2.19 bits per heavy atom. The second-order valence-corrected chi connectivity index (χ2v) is 5.70. The molecule has 2 rings (SSSR count). The molecule has 1 aromatic rings. The number of thioether (sulfide) groups is 1. The van der Waals surface area contributed by atoms with Crippen LogP contribution in [-0.4, -0.2) is 17.5 Å². The second-order valence-electron chi connectivity index (χ2n) is 4.53. The van der Waals surface area contributed by atoms with Gasteiger partial charge in [0.25, 0.3) is 0 Å². The molecule has 0 saturated carbocycles. The highest BCUT2D eigenvalue weighted by Gasteiger charge is 2.30. The Kier molecular flexibility index (Phi) is 3.45. The first-order valence-electron chi connectivity index (χ1n) is 5.60. The van der Waals surface area contributed by atoms with E-state index in [1.807, 2.05) is 23.9 Å². The minimum Gasteiger partial charge on any atom is -0.497 e. The predicted molar refractivity (Wildman–Crippen MR) is 67.9 cm³/mol. The van der Waals surface area contributed by atoms with Crippen LogP contribution in [0.25, 0.3) is 0 Å². The van der Waals surface area contributed by atoms with Gasteiger partial charge in [-0.15, -0.1) is 0 Å². The summed E-state index contributed by atoms with van der Waals surface area (Å²) in [4.78, 5) is 0. The summed E-state index contributed by atoms with van der Waals surface area (Å²) in [6.07, 6.45) is -0.371. The lowest BCUT2D eigenvalue weighted by Gasteiger charge is -2.32. The smallest absolute Gasteiger partial charge is 0.119 e. The van der Waals surface area contributed by atoms with Crippen molar-refractivity contribution in [3.8, 4) is 5.75 Å². The topological polar surface area (TPSA) is 29.5 Å². The zero-order valence-electron chi connectivity index (χ0n) is 9.93. The Balaban J connectivity index is 2.34. The molecule has 16 heavy (non-hydrogen) atoms. The molecule has 88 valence electrons. The first-order chi connectivity index (χ1) is 7.63. The van der Waals surface area contributed by atoms with Gasteiger partial charge in [0.1, 0.15) is 5.75 Å². The summed E-state index contributed by atoms with van der Waals surface area (Å²) in [5.41, 5.74) is 2.27. The molecule has 1 aromatic carbocycles. The maximum atomic E-state index is 10.3. The van der Waals surface area contributed by atoms with Crippen molar-refractivity contribution >= 4 is 11.8 Å². The van der Waals surface area contributed by atoms with E-state index in [4.69, 9.17) is 4.74 Å². The molecule has 1 aliphatic rings. The van der Waals surface area contributed by atoms with Gasteiger partial charge in [0.05, 0.1) is 13.2 Å². The molecule has 2 nitrogen and oxygen atoms in total. The molecule has 0 amide bonds. The molecule has 1 N–H and O–H groups in total. The summed E-state index contributed by atoms with van der Waals surface area (Å²) in [6.45, 7) is 4.32. The van der Waals surface area contributed by atoms with Gasteiger partial charge in [0.2, 0.25) is 0 Å². The van der Waals surface area contributed by atoms with Crippen LogP contribution in [0.15, 0.2) is 18.2 Å². The Hall–Kier alpha value is -0.670.